The van der Waals surface area contributed by atoms with Crippen LogP contribution >= 0.6 is 0 Å². The molecule has 6 nitrogen and oxygen atoms in total. The zero-order valence-electron chi connectivity index (χ0n) is 17.3. The molecule has 0 aliphatic carbocycles. The molecule has 0 bridgehead atoms. The summed E-state index contributed by atoms with van der Waals surface area (Å²) in [6.45, 7) is 3.32. The molecule has 2 amide bonds. The van der Waals surface area contributed by atoms with Crippen LogP contribution in [0.4, 0.5) is 15.8 Å². The summed E-state index contributed by atoms with van der Waals surface area (Å²) in [5.41, 5.74) is 3.34. The molecule has 1 aliphatic rings. The zero-order valence-corrected chi connectivity index (χ0v) is 17.3. The highest BCUT2D eigenvalue weighted by Crippen LogP contribution is 2.31. The minimum Gasteiger partial charge on any atom is -0.382 e. The van der Waals surface area contributed by atoms with Crippen molar-refractivity contribution in [2.45, 2.75) is 25.7 Å². The van der Waals surface area contributed by atoms with E-state index in [1.807, 2.05) is 25.1 Å². The fraction of sp³-hybridized carbons (Fsp3) is 0.391. The van der Waals surface area contributed by atoms with Gasteiger partial charge in [0.2, 0.25) is 5.91 Å². The van der Waals surface area contributed by atoms with Gasteiger partial charge in [0.05, 0.1) is 19.1 Å². The molecule has 0 radical (unpaired) electrons. The lowest BCUT2D eigenvalue weighted by atomic mass is 9.93. The first-order chi connectivity index (χ1) is 14.5. The summed E-state index contributed by atoms with van der Waals surface area (Å²) in [6.07, 6.45) is 1.71. The van der Waals surface area contributed by atoms with Crippen LogP contribution in [0.1, 0.15) is 30.4 Å². The van der Waals surface area contributed by atoms with E-state index in [1.165, 1.54) is 24.3 Å². The number of rotatable bonds is 8. The van der Waals surface area contributed by atoms with Crippen LogP contribution in [0.25, 0.3) is 0 Å². The molecule has 1 N–H and O–H groups in total. The Kier molecular flexibility index (Phi) is 7.54. The molecule has 2 aromatic carbocycles. The van der Waals surface area contributed by atoms with E-state index in [-0.39, 0.29) is 30.2 Å². The Morgan fingerprint density at radius 2 is 1.93 bits per heavy atom. The maximum Gasteiger partial charge on any atom is 0.252 e. The number of anilines is 2. The molecule has 0 fully saturated rings. The first-order valence-corrected chi connectivity index (χ1v) is 10.1. The van der Waals surface area contributed by atoms with Crippen molar-refractivity contribution < 1.29 is 23.5 Å². The topological polar surface area (TPSA) is 67.9 Å². The smallest absolute Gasteiger partial charge is 0.252 e. The first kappa shape index (κ1) is 21.9. The van der Waals surface area contributed by atoms with E-state index >= 15 is 0 Å². The molecule has 3 rings (SSSR count). The van der Waals surface area contributed by atoms with Gasteiger partial charge in [-0.2, -0.15) is 0 Å². The number of hydrogen-bond acceptors (Lipinski definition) is 4. The van der Waals surface area contributed by atoms with Crippen molar-refractivity contribution in [1.29, 1.82) is 0 Å². The summed E-state index contributed by atoms with van der Waals surface area (Å²) in [7, 11) is 1.59. The molecular weight excluding hydrogens is 387 g/mol. The van der Waals surface area contributed by atoms with Gasteiger partial charge in [0, 0.05) is 25.0 Å². The Bertz CT molecular complexity index is 885. The summed E-state index contributed by atoms with van der Waals surface area (Å²) < 4.78 is 23.3. The molecule has 1 atom stereocenters. The van der Waals surface area contributed by atoms with Gasteiger partial charge < -0.3 is 19.7 Å². The minimum absolute atomic E-state index is 0.0149. The maximum atomic E-state index is 13.0. The summed E-state index contributed by atoms with van der Waals surface area (Å²) in [5.74, 6) is -0.985. The fourth-order valence-corrected chi connectivity index (χ4v) is 3.46. The van der Waals surface area contributed by atoms with Crippen molar-refractivity contribution in [2.75, 3.05) is 43.7 Å². The lowest BCUT2D eigenvalue weighted by Gasteiger charge is -2.30. The van der Waals surface area contributed by atoms with E-state index in [9.17, 15) is 14.0 Å². The molecule has 0 aromatic heterocycles. The van der Waals surface area contributed by atoms with Gasteiger partial charge in [-0.15, -0.1) is 0 Å². The van der Waals surface area contributed by atoms with Gasteiger partial charge >= 0.3 is 0 Å². The van der Waals surface area contributed by atoms with Gasteiger partial charge in [-0.1, -0.05) is 12.1 Å². The third-order valence-electron chi connectivity index (χ3n) is 5.19. The SMILES string of the molecule is COCCOCC(=O)N1CCCc2cc([C@H](C)C(=O)Nc3ccc(F)cc3)ccc21. The molecular formula is C23H27FN2O4. The number of amides is 2. The highest BCUT2D eigenvalue weighted by molar-refractivity contribution is 5.97. The second-order valence-electron chi connectivity index (χ2n) is 7.30. The van der Waals surface area contributed by atoms with Crippen LogP contribution in [-0.2, 0) is 25.5 Å². The van der Waals surface area contributed by atoms with Crippen LogP contribution in [0.3, 0.4) is 0 Å². The van der Waals surface area contributed by atoms with E-state index in [2.05, 4.69) is 5.32 Å². The summed E-state index contributed by atoms with van der Waals surface area (Å²) >= 11 is 0. The lowest BCUT2D eigenvalue weighted by molar-refractivity contribution is -0.123. The monoisotopic (exact) mass is 414 g/mol. The molecule has 0 spiro atoms. The van der Waals surface area contributed by atoms with Crippen molar-refractivity contribution in [3.63, 3.8) is 0 Å². The number of hydrogen-bond donors (Lipinski definition) is 1. The zero-order chi connectivity index (χ0) is 21.5. The first-order valence-electron chi connectivity index (χ1n) is 10.1. The largest absolute Gasteiger partial charge is 0.382 e. The summed E-state index contributed by atoms with van der Waals surface area (Å²) in [4.78, 5) is 26.9. The number of ether oxygens (including phenoxy) is 2. The van der Waals surface area contributed by atoms with Crippen LogP contribution in [0.2, 0.25) is 0 Å². The number of carbonyl (C=O) groups excluding carboxylic acids is 2. The van der Waals surface area contributed by atoms with Gasteiger partial charge in [-0.25, -0.2) is 4.39 Å². The van der Waals surface area contributed by atoms with Gasteiger partial charge in [0.25, 0.3) is 5.91 Å². The third-order valence-corrected chi connectivity index (χ3v) is 5.19. The van der Waals surface area contributed by atoms with E-state index in [1.54, 1.807) is 12.0 Å². The Labute approximate surface area is 176 Å². The maximum absolute atomic E-state index is 13.0. The number of nitrogens with one attached hydrogen (secondary N) is 1. The Balaban J connectivity index is 1.67. The number of carbonyl (C=O) groups is 2. The van der Waals surface area contributed by atoms with Gasteiger partial charge in [-0.05, 0) is 61.2 Å². The fourth-order valence-electron chi connectivity index (χ4n) is 3.46. The highest BCUT2D eigenvalue weighted by Gasteiger charge is 2.24. The van der Waals surface area contributed by atoms with Crippen molar-refractivity contribution in [1.82, 2.24) is 0 Å². The van der Waals surface area contributed by atoms with Gasteiger partial charge in [-0.3, -0.25) is 9.59 Å². The molecule has 7 heteroatoms. The number of nitrogens with zero attached hydrogens (tertiary/aromatic N) is 1. The molecule has 1 heterocycles. The summed E-state index contributed by atoms with van der Waals surface area (Å²) in [6, 6.07) is 11.5. The lowest BCUT2D eigenvalue weighted by Crippen LogP contribution is -2.38. The number of aryl methyl sites for hydroxylation is 1. The molecule has 160 valence electrons. The van der Waals surface area contributed by atoms with Crippen LogP contribution in [0, 0.1) is 5.82 Å². The predicted molar refractivity (Wildman–Crippen MR) is 113 cm³/mol. The normalized spacial score (nSPS) is 14.2. The second-order valence-corrected chi connectivity index (χ2v) is 7.30. The highest BCUT2D eigenvalue weighted by atomic mass is 19.1. The molecule has 0 saturated carbocycles. The van der Waals surface area contributed by atoms with Crippen molar-refractivity contribution in [3.8, 4) is 0 Å². The van der Waals surface area contributed by atoms with Crippen molar-refractivity contribution in [3.05, 3.63) is 59.4 Å². The van der Waals surface area contributed by atoms with E-state index < -0.39 is 0 Å². The molecule has 30 heavy (non-hydrogen) atoms. The quantitative estimate of drug-likeness (QED) is 0.672. The van der Waals surface area contributed by atoms with Gasteiger partial charge in [0.1, 0.15) is 12.4 Å². The molecule has 0 unspecified atom stereocenters. The Hall–Kier alpha value is -2.77. The second kappa shape index (κ2) is 10.3. The van der Waals surface area contributed by atoms with Crippen molar-refractivity contribution >= 4 is 23.2 Å². The number of benzene rings is 2. The number of halogens is 1. The van der Waals surface area contributed by atoms with Crippen LogP contribution in [0.5, 0.6) is 0 Å². The van der Waals surface area contributed by atoms with Crippen LogP contribution in [0.15, 0.2) is 42.5 Å². The number of fused-ring (bicyclic) bond motifs is 1. The predicted octanol–water partition coefficient (Wildman–Crippen LogP) is 3.51. The van der Waals surface area contributed by atoms with E-state index in [0.717, 1.165) is 29.7 Å². The van der Waals surface area contributed by atoms with Crippen LogP contribution < -0.4 is 10.2 Å². The third kappa shape index (κ3) is 5.43. The van der Waals surface area contributed by atoms with E-state index in [4.69, 9.17) is 9.47 Å². The van der Waals surface area contributed by atoms with E-state index in [0.29, 0.717) is 25.4 Å². The summed E-state index contributed by atoms with van der Waals surface area (Å²) in [5, 5.41) is 2.81. The standard InChI is InChI=1S/C23H27FN2O4/c1-16(23(28)25-20-8-6-19(24)7-9-20)17-5-10-21-18(14-17)4-3-11-26(21)22(27)15-30-13-12-29-2/h5-10,14,16H,3-4,11-13,15H2,1-2H3,(H,25,28)/t16-/m0/s1. The molecule has 0 saturated heterocycles. The number of methoxy groups -OCH3 is 1. The molecule has 1 aliphatic heterocycles. The van der Waals surface area contributed by atoms with Crippen LogP contribution in [-0.4, -0.2) is 45.3 Å². The molecule has 2 aromatic rings. The van der Waals surface area contributed by atoms with Gasteiger partial charge in [0.15, 0.2) is 0 Å². The van der Waals surface area contributed by atoms with Crippen molar-refractivity contribution in [2.24, 2.45) is 0 Å². The Morgan fingerprint density at radius 3 is 2.67 bits per heavy atom. The minimum atomic E-state index is -0.385. The average molecular weight is 414 g/mol. The average Bonchev–Trinajstić information content (AvgIpc) is 2.76. The Morgan fingerprint density at radius 1 is 1.17 bits per heavy atom.